The van der Waals surface area contributed by atoms with Gasteiger partial charge in [0.2, 0.25) is 5.56 Å². The Morgan fingerprint density at radius 1 is 1.17 bits per heavy atom. The number of anilines is 2. The summed E-state index contributed by atoms with van der Waals surface area (Å²) in [6.07, 6.45) is 3.34. The van der Waals surface area contributed by atoms with Crippen LogP contribution in [0.25, 0.3) is 21.8 Å². The van der Waals surface area contributed by atoms with Crippen LogP contribution in [0, 0.1) is 0 Å². The number of pyridine rings is 2. The number of H-pyrrole nitrogens is 2. The van der Waals surface area contributed by atoms with Gasteiger partial charge in [-0.2, -0.15) is 5.10 Å². The molecule has 4 rings (SSSR count). The highest BCUT2D eigenvalue weighted by Gasteiger charge is 2.11. The molecule has 0 unspecified atom stereocenters. The van der Waals surface area contributed by atoms with Crippen LogP contribution in [0.15, 0.2) is 47.5 Å². The first-order valence-electron chi connectivity index (χ1n) is 7.01. The van der Waals surface area contributed by atoms with Crippen molar-refractivity contribution < 1.29 is 4.74 Å². The molecule has 4 aromatic rings. The van der Waals surface area contributed by atoms with Crippen LogP contribution in [-0.2, 0) is 0 Å². The standard InChI is InChI=1S/C16H13N5O2/c1-23-10-2-3-13-11(7-10)12-8-18-21-15(12)16(20-13)19-9-4-5-17-14(22)6-9/h2-8H,1H3,(H,18,21)(H2,17,19,20,22). The van der Waals surface area contributed by atoms with Crippen molar-refractivity contribution in [2.75, 3.05) is 12.4 Å². The van der Waals surface area contributed by atoms with Crippen molar-refractivity contribution >= 4 is 33.3 Å². The molecule has 0 bridgehead atoms. The van der Waals surface area contributed by atoms with Crippen molar-refractivity contribution in [3.8, 4) is 5.75 Å². The lowest BCUT2D eigenvalue weighted by molar-refractivity contribution is 0.415. The first kappa shape index (κ1) is 13.3. The molecule has 1 aromatic carbocycles. The lowest BCUT2D eigenvalue weighted by Gasteiger charge is -2.09. The summed E-state index contributed by atoms with van der Waals surface area (Å²) < 4.78 is 5.27. The molecular formula is C16H13N5O2. The molecule has 0 spiro atoms. The van der Waals surface area contributed by atoms with Crippen molar-refractivity contribution in [2.45, 2.75) is 0 Å². The van der Waals surface area contributed by atoms with Crippen LogP contribution in [-0.4, -0.2) is 27.3 Å². The van der Waals surface area contributed by atoms with Crippen molar-refractivity contribution in [2.24, 2.45) is 0 Å². The number of hydrogen-bond donors (Lipinski definition) is 3. The summed E-state index contributed by atoms with van der Waals surface area (Å²) in [7, 11) is 1.63. The number of nitrogens with zero attached hydrogens (tertiary/aromatic N) is 2. The maximum Gasteiger partial charge on any atom is 0.249 e. The van der Waals surface area contributed by atoms with E-state index in [2.05, 4.69) is 25.5 Å². The Morgan fingerprint density at radius 2 is 2.09 bits per heavy atom. The van der Waals surface area contributed by atoms with E-state index in [0.29, 0.717) is 11.5 Å². The van der Waals surface area contributed by atoms with Crippen molar-refractivity contribution in [1.29, 1.82) is 0 Å². The largest absolute Gasteiger partial charge is 0.497 e. The highest BCUT2D eigenvalue weighted by atomic mass is 16.5. The number of nitrogens with one attached hydrogen (secondary N) is 3. The van der Waals surface area contributed by atoms with Crippen LogP contribution in [0.4, 0.5) is 11.5 Å². The van der Waals surface area contributed by atoms with Crippen LogP contribution >= 0.6 is 0 Å². The summed E-state index contributed by atoms with van der Waals surface area (Å²) in [6, 6.07) is 8.92. The normalized spacial score (nSPS) is 11.0. The van der Waals surface area contributed by atoms with E-state index < -0.39 is 0 Å². The van der Waals surface area contributed by atoms with Gasteiger partial charge >= 0.3 is 0 Å². The molecule has 3 heterocycles. The number of aromatic amines is 2. The quantitative estimate of drug-likeness (QED) is 0.540. The minimum Gasteiger partial charge on any atom is -0.497 e. The van der Waals surface area contributed by atoms with Gasteiger partial charge < -0.3 is 15.0 Å². The number of rotatable bonds is 3. The molecule has 0 amide bonds. The minimum atomic E-state index is -0.179. The Kier molecular flexibility index (Phi) is 2.97. The van der Waals surface area contributed by atoms with Gasteiger partial charge in [0.15, 0.2) is 5.82 Å². The zero-order valence-electron chi connectivity index (χ0n) is 12.3. The zero-order chi connectivity index (χ0) is 15.8. The number of ether oxygens (including phenoxy) is 1. The fourth-order valence-electron chi connectivity index (χ4n) is 2.55. The SMILES string of the molecule is COc1ccc2nc(Nc3cc[nH]c(=O)c3)c3[nH]ncc3c2c1. The Balaban J connectivity index is 1.92. The molecule has 0 radical (unpaired) electrons. The maximum atomic E-state index is 11.4. The third-order valence-electron chi connectivity index (χ3n) is 3.64. The summed E-state index contributed by atoms with van der Waals surface area (Å²) in [4.78, 5) is 18.6. The Labute approximate surface area is 130 Å². The molecule has 0 aliphatic carbocycles. The third-order valence-corrected chi connectivity index (χ3v) is 3.64. The summed E-state index contributed by atoms with van der Waals surface area (Å²) in [5, 5.41) is 12.1. The van der Waals surface area contributed by atoms with E-state index >= 15 is 0 Å². The number of methoxy groups -OCH3 is 1. The van der Waals surface area contributed by atoms with Gasteiger partial charge in [0, 0.05) is 28.7 Å². The summed E-state index contributed by atoms with van der Waals surface area (Å²) in [5.74, 6) is 1.37. The van der Waals surface area contributed by atoms with E-state index in [1.165, 1.54) is 6.07 Å². The highest BCUT2D eigenvalue weighted by molar-refractivity contribution is 6.09. The molecule has 0 aliphatic rings. The summed E-state index contributed by atoms with van der Waals surface area (Å²) in [5.41, 5.74) is 2.06. The molecule has 114 valence electrons. The molecule has 0 atom stereocenters. The van der Waals surface area contributed by atoms with Gasteiger partial charge in [0.25, 0.3) is 0 Å². The van der Waals surface area contributed by atoms with E-state index in [-0.39, 0.29) is 5.56 Å². The zero-order valence-corrected chi connectivity index (χ0v) is 12.3. The van der Waals surface area contributed by atoms with Gasteiger partial charge in [0.1, 0.15) is 11.3 Å². The summed E-state index contributed by atoms with van der Waals surface area (Å²) >= 11 is 0. The van der Waals surface area contributed by atoms with Gasteiger partial charge in [-0.15, -0.1) is 0 Å². The number of benzene rings is 1. The predicted molar refractivity (Wildman–Crippen MR) is 88.3 cm³/mol. The topological polar surface area (TPSA) is 95.7 Å². The van der Waals surface area contributed by atoms with Gasteiger partial charge in [-0.05, 0) is 24.3 Å². The highest BCUT2D eigenvalue weighted by Crippen LogP contribution is 2.31. The average Bonchev–Trinajstić information content (AvgIpc) is 3.05. The Morgan fingerprint density at radius 3 is 2.91 bits per heavy atom. The molecule has 0 fully saturated rings. The van der Waals surface area contributed by atoms with Crippen LogP contribution in [0.5, 0.6) is 5.75 Å². The Hall–Kier alpha value is -3.35. The van der Waals surface area contributed by atoms with Gasteiger partial charge in [-0.1, -0.05) is 0 Å². The molecule has 7 nitrogen and oxygen atoms in total. The number of aromatic nitrogens is 4. The first-order valence-corrected chi connectivity index (χ1v) is 7.01. The smallest absolute Gasteiger partial charge is 0.249 e. The van der Waals surface area contributed by atoms with Crippen molar-refractivity contribution in [1.82, 2.24) is 20.2 Å². The molecule has 0 aliphatic heterocycles. The third kappa shape index (κ3) is 2.28. The van der Waals surface area contributed by atoms with E-state index in [1.807, 2.05) is 18.2 Å². The van der Waals surface area contributed by atoms with Gasteiger partial charge in [0.05, 0.1) is 18.8 Å². The second-order valence-electron chi connectivity index (χ2n) is 5.07. The molecule has 7 heteroatoms. The monoisotopic (exact) mass is 307 g/mol. The minimum absolute atomic E-state index is 0.179. The number of hydrogen-bond acceptors (Lipinski definition) is 5. The lowest BCUT2D eigenvalue weighted by atomic mass is 10.1. The fourth-order valence-corrected chi connectivity index (χ4v) is 2.55. The maximum absolute atomic E-state index is 11.4. The number of fused-ring (bicyclic) bond motifs is 3. The van der Waals surface area contributed by atoms with Gasteiger partial charge in [-0.3, -0.25) is 9.89 Å². The van der Waals surface area contributed by atoms with Crippen LogP contribution < -0.4 is 15.6 Å². The molecule has 0 saturated carbocycles. The summed E-state index contributed by atoms with van der Waals surface area (Å²) in [6.45, 7) is 0. The molecule has 23 heavy (non-hydrogen) atoms. The van der Waals surface area contributed by atoms with Gasteiger partial charge in [-0.25, -0.2) is 4.98 Å². The molecule has 3 aromatic heterocycles. The second-order valence-corrected chi connectivity index (χ2v) is 5.07. The van der Waals surface area contributed by atoms with E-state index in [1.54, 1.807) is 25.6 Å². The molecule has 0 saturated heterocycles. The van der Waals surface area contributed by atoms with Crippen molar-refractivity contribution in [3.63, 3.8) is 0 Å². The second kappa shape index (κ2) is 5.13. The molecular weight excluding hydrogens is 294 g/mol. The first-order chi connectivity index (χ1) is 11.2. The van der Waals surface area contributed by atoms with E-state index in [9.17, 15) is 4.79 Å². The average molecular weight is 307 g/mol. The lowest BCUT2D eigenvalue weighted by Crippen LogP contribution is -2.05. The van der Waals surface area contributed by atoms with Crippen LogP contribution in [0.2, 0.25) is 0 Å². The Bertz CT molecular complexity index is 1070. The van der Waals surface area contributed by atoms with Crippen LogP contribution in [0.1, 0.15) is 0 Å². The fraction of sp³-hybridized carbons (Fsp3) is 0.0625. The van der Waals surface area contributed by atoms with E-state index in [4.69, 9.17) is 4.74 Å². The predicted octanol–water partition coefficient (Wildman–Crippen LogP) is 2.55. The molecule has 3 N–H and O–H groups in total. The van der Waals surface area contributed by atoms with E-state index in [0.717, 1.165) is 27.6 Å². The van der Waals surface area contributed by atoms with Crippen LogP contribution in [0.3, 0.4) is 0 Å². The van der Waals surface area contributed by atoms with Crippen molar-refractivity contribution in [3.05, 3.63) is 53.1 Å².